The standard InChI is InChI=1S/C11H20N2O3S/c14-11-8-12-4-1-5-13(11)9-10-2-6-17(15,16)7-3-10/h10,12H,1-9H2. The van der Waals surface area contributed by atoms with Crippen molar-refractivity contribution in [3.63, 3.8) is 0 Å². The van der Waals surface area contributed by atoms with Gasteiger partial charge in [0, 0.05) is 13.1 Å². The molecule has 0 aromatic rings. The Kier molecular flexibility index (Phi) is 4.04. The molecule has 6 heteroatoms. The summed E-state index contributed by atoms with van der Waals surface area (Å²) in [6.45, 7) is 2.84. The van der Waals surface area contributed by atoms with E-state index >= 15 is 0 Å². The zero-order valence-corrected chi connectivity index (χ0v) is 10.8. The first-order valence-electron chi connectivity index (χ1n) is 6.26. The van der Waals surface area contributed by atoms with Crippen LogP contribution in [0.5, 0.6) is 0 Å². The molecule has 2 heterocycles. The Labute approximate surface area is 102 Å². The summed E-state index contributed by atoms with van der Waals surface area (Å²) in [4.78, 5) is 13.7. The summed E-state index contributed by atoms with van der Waals surface area (Å²) >= 11 is 0. The van der Waals surface area contributed by atoms with Gasteiger partial charge in [-0.2, -0.15) is 0 Å². The number of carbonyl (C=O) groups excluding carboxylic acids is 1. The summed E-state index contributed by atoms with van der Waals surface area (Å²) in [6.07, 6.45) is 2.40. The predicted octanol–water partition coefficient (Wildman–Crippen LogP) is -0.367. The van der Waals surface area contributed by atoms with Crippen LogP contribution in [-0.2, 0) is 14.6 Å². The van der Waals surface area contributed by atoms with E-state index in [4.69, 9.17) is 0 Å². The van der Waals surface area contributed by atoms with Gasteiger partial charge in [-0.1, -0.05) is 0 Å². The lowest BCUT2D eigenvalue weighted by molar-refractivity contribution is -0.130. The van der Waals surface area contributed by atoms with Crippen molar-refractivity contribution in [2.24, 2.45) is 5.92 Å². The van der Waals surface area contributed by atoms with Gasteiger partial charge in [-0.3, -0.25) is 4.79 Å². The highest BCUT2D eigenvalue weighted by atomic mass is 32.2. The van der Waals surface area contributed by atoms with E-state index in [-0.39, 0.29) is 17.4 Å². The van der Waals surface area contributed by atoms with Gasteiger partial charge in [0.25, 0.3) is 0 Å². The number of sulfone groups is 1. The molecule has 0 radical (unpaired) electrons. The van der Waals surface area contributed by atoms with Crippen molar-refractivity contribution in [3.05, 3.63) is 0 Å². The van der Waals surface area contributed by atoms with E-state index in [2.05, 4.69) is 5.32 Å². The first kappa shape index (κ1) is 12.8. The van der Waals surface area contributed by atoms with E-state index in [0.717, 1.165) is 26.1 Å². The second-order valence-electron chi connectivity index (χ2n) is 4.97. The summed E-state index contributed by atoms with van der Waals surface area (Å²) in [5.74, 6) is 1.09. The van der Waals surface area contributed by atoms with Crippen LogP contribution in [0.4, 0.5) is 0 Å². The molecule has 5 nitrogen and oxygen atoms in total. The summed E-state index contributed by atoms with van der Waals surface area (Å²) in [5, 5.41) is 3.09. The molecule has 0 aromatic carbocycles. The van der Waals surface area contributed by atoms with Crippen LogP contribution >= 0.6 is 0 Å². The Morgan fingerprint density at radius 1 is 1.29 bits per heavy atom. The van der Waals surface area contributed by atoms with Gasteiger partial charge < -0.3 is 10.2 Å². The number of nitrogens with zero attached hydrogens (tertiary/aromatic N) is 1. The number of amides is 1. The van der Waals surface area contributed by atoms with E-state index in [1.54, 1.807) is 0 Å². The Bertz CT molecular complexity index is 366. The third-order valence-electron chi connectivity index (χ3n) is 3.56. The van der Waals surface area contributed by atoms with Gasteiger partial charge in [-0.15, -0.1) is 0 Å². The first-order chi connectivity index (χ1) is 8.07. The highest BCUT2D eigenvalue weighted by molar-refractivity contribution is 7.91. The Hall–Kier alpha value is -0.620. The lowest BCUT2D eigenvalue weighted by Crippen LogP contribution is -2.40. The van der Waals surface area contributed by atoms with Crippen LogP contribution in [0.15, 0.2) is 0 Å². The van der Waals surface area contributed by atoms with Crippen molar-refractivity contribution in [1.29, 1.82) is 0 Å². The van der Waals surface area contributed by atoms with Gasteiger partial charge in [0.2, 0.25) is 5.91 Å². The van der Waals surface area contributed by atoms with Crippen molar-refractivity contribution >= 4 is 15.7 Å². The van der Waals surface area contributed by atoms with Gasteiger partial charge in [0.15, 0.2) is 0 Å². The smallest absolute Gasteiger partial charge is 0.236 e. The van der Waals surface area contributed by atoms with Crippen LogP contribution in [0.1, 0.15) is 19.3 Å². The molecule has 0 unspecified atom stereocenters. The van der Waals surface area contributed by atoms with E-state index in [0.29, 0.717) is 25.3 Å². The monoisotopic (exact) mass is 260 g/mol. The van der Waals surface area contributed by atoms with Crippen LogP contribution in [0, 0.1) is 5.92 Å². The second kappa shape index (κ2) is 5.35. The quantitative estimate of drug-likeness (QED) is 0.736. The Balaban J connectivity index is 1.86. The van der Waals surface area contributed by atoms with Gasteiger partial charge >= 0.3 is 0 Å². The van der Waals surface area contributed by atoms with Crippen molar-refractivity contribution in [1.82, 2.24) is 10.2 Å². The minimum absolute atomic E-state index is 0.149. The molecule has 0 saturated carbocycles. The van der Waals surface area contributed by atoms with Gasteiger partial charge in [0.1, 0.15) is 9.84 Å². The summed E-state index contributed by atoms with van der Waals surface area (Å²) in [5.41, 5.74) is 0. The molecule has 1 amide bonds. The molecule has 2 aliphatic rings. The van der Waals surface area contributed by atoms with Crippen molar-refractivity contribution in [3.8, 4) is 0 Å². The lowest BCUT2D eigenvalue weighted by atomic mass is 10.0. The zero-order valence-electron chi connectivity index (χ0n) is 10.0. The third kappa shape index (κ3) is 3.67. The summed E-state index contributed by atoms with van der Waals surface area (Å²) < 4.78 is 22.6. The third-order valence-corrected chi connectivity index (χ3v) is 5.28. The number of rotatable bonds is 2. The molecular weight excluding hydrogens is 240 g/mol. The maximum absolute atomic E-state index is 11.8. The Morgan fingerprint density at radius 3 is 2.71 bits per heavy atom. The molecule has 2 saturated heterocycles. The van der Waals surface area contributed by atoms with Crippen LogP contribution in [0.3, 0.4) is 0 Å². The maximum Gasteiger partial charge on any atom is 0.236 e. The van der Waals surface area contributed by atoms with Gasteiger partial charge in [0.05, 0.1) is 18.1 Å². The van der Waals surface area contributed by atoms with E-state index in [9.17, 15) is 13.2 Å². The molecule has 98 valence electrons. The molecule has 0 bridgehead atoms. The average Bonchev–Trinajstić information content (AvgIpc) is 2.47. The molecule has 0 aliphatic carbocycles. The maximum atomic E-state index is 11.8. The van der Waals surface area contributed by atoms with Crippen LogP contribution in [0.25, 0.3) is 0 Å². The van der Waals surface area contributed by atoms with Crippen LogP contribution in [-0.4, -0.2) is 56.9 Å². The number of nitrogens with one attached hydrogen (secondary N) is 1. The lowest BCUT2D eigenvalue weighted by Gasteiger charge is -2.28. The number of carbonyl (C=O) groups is 1. The Morgan fingerprint density at radius 2 is 2.00 bits per heavy atom. The zero-order chi connectivity index (χ0) is 12.3. The number of hydrogen-bond acceptors (Lipinski definition) is 4. The molecule has 0 aromatic heterocycles. The summed E-state index contributed by atoms with van der Waals surface area (Å²) in [6, 6.07) is 0. The van der Waals surface area contributed by atoms with Gasteiger partial charge in [-0.25, -0.2) is 8.42 Å². The topological polar surface area (TPSA) is 66.5 Å². The average molecular weight is 260 g/mol. The SMILES string of the molecule is O=C1CNCCCN1CC1CCS(=O)(=O)CC1. The normalized spacial score (nSPS) is 26.8. The highest BCUT2D eigenvalue weighted by Crippen LogP contribution is 2.20. The fourth-order valence-electron chi connectivity index (χ4n) is 2.45. The van der Waals surface area contributed by atoms with E-state index in [1.165, 1.54) is 0 Å². The van der Waals surface area contributed by atoms with Crippen molar-refractivity contribution < 1.29 is 13.2 Å². The molecule has 2 fully saturated rings. The van der Waals surface area contributed by atoms with Crippen LogP contribution < -0.4 is 5.32 Å². The highest BCUT2D eigenvalue weighted by Gasteiger charge is 2.26. The largest absolute Gasteiger partial charge is 0.341 e. The first-order valence-corrected chi connectivity index (χ1v) is 8.08. The minimum Gasteiger partial charge on any atom is -0.341 e. The number of hydrogen-bond donors (Lipinski definition) is 1. The van der Waals surface area contributed by atoms with Crippen molar-refractivity contribution in [2.45, 2.75) is 19.3 Å². The minimum atomic E-state index is -2.79. The van der Waals surface area contributed by atoms with Gasteiger partial charge in [-0.05, 0) is 31.7 Å². The predicted molar refractivity (Wildman–Crippen MR) is 65.4 cm³/mol. The van der Waals surface area contributed by atoms with Crippen molar-refractivity contribution in [2.75, 3.05) is 37.7 Å². The molecule has 0 atom stereocenters. The summed E-state index contributed by atoms with van der Waals surface area (Å²) in [7, 11) is -2.79. The molecule has 2 rings (SSSR count). The molecule has 2 aliphatic heterocycles. The fraction of sp³-hybridized carbons (Fsp3) is 0.909. The van der Waals surface area contributed by atoms with Crippen LogP contribution in [0.2, 0.25) is 0 Å². The fourth-order valence-corrected chi connectivity index (χ4v) is 4.04. The van der Waals surface area contributed by atoms with E-state index < -0.39 is 9.84 Å². The molecule has 1 N–H and O–H groups in total. The molecular formula is C11H20N2O3S. The van der Waals surface area contributed by atoms with E-state index in [1.807, 2.05) is 4.90 Å². The molecule has 17 heavy (non-hydrogen) atoms. The molecule has 0 spiro atoms. The second-order valence-corrected chi connectivity index (χ2v) is 7.27.